The van der Waals surface area contributed by atoms with Crippen molar-refractivity contribution in [3.63, 3.8) is 0 Å². The molecule has 0 N–H and O–H groups in total. The summed E-state index contributed by atoms with van der Waals surface area (Å²) in [6.07, 6.45) is 2.17. The highest BCUT2D eigenvalue weighted by atomic mass is 35.5. The standard InChI is InChI=1S/C14H12ClNO3S3/c15-10-3-1-2-9(6-10)7-12-13(17)16(14(20)21-12)11-4-5-22(18,19)8-11/h1-3,6-7,11H,4-5,8H2. The third kappa shape index (κ3) is 3.22. The molecule has 1 atom stereocenters. The molecule has 2 heterocycles. The molecule has 116 valence electrons. The topological polar surface area (TPSA) is 54.5 Å². The first-order valence-corrected chi connectivity index (χ1v) is 10.0. The van der Waals surface area contributed by atoms with Crippen molar-refractivity contribution >= 4 is 61.7 Å². The molecule has 0 aliphatic carbocycles. The molecule has 2 fully saturated rings. The van der Waals surface area contributed by atoms with Gasteiger partial charge in [0.25, 0.3) is 5.91 Å². The highest BCUT2D eigenvalue weighted by Gasteiger charge is 2.42. The molecule has 1 unspecified atom stereocenters. The van der Waals surface area contributed by atoms with Gasteiger partial charge in [0.2, 0.25) is 0 Å². The lowest BCUT2D eigenvalue weighted by Crippen LogP contribution is -2.39. The molecule has 2 aliphatic rings. The molecule has 8 heteroatoms. The minimum Gasteiger partial charge on any atom is -0.289 e. The molecule has 0 radical (unpaired) electrons. The van der Waals surface area contributed by atoms with E-state index in [9.17, 15) is 13.2 Å². The predicted octanol–water partition coefficient (Wildman–Crippen LogP) is 2.73. The number of carbonyl (C=O) groups is 1. The van der Waals surface area contributed by atoms with Crippen molar-refractivity contribution in [2.45, 2.75) is 12.5 Å². The molecule has 0 bridgehead atoms. The highest BCUT2D eigenvalue weighted by Crippen LogP contribution is 2.36. The van der Waals surface area contributed by atoms with E-state index in [-0.39, 0.29) is 23.5 Å². The Morgan fingerprint density at radius 1 is 1.41 bits per heavy atom. The van der Waals surface area contributed by atoms with Gasteiger partial charge in [-0.15, -0.1) is 0 Å². The first-order valence-electron chi connectivity index (χ1n) is 6.59. The molecule has 1 aromatic carbocycles. The lowest BCUT2D eigenvalue weighted by Gasteiger charge is -2.20. The maximum atomic E-state index is 12.5. The van der Waals surface area contributed by atoms with Crippen LogP contribution in [0.1, 0.15) is 12.0 Å². The summed E-state index contributed by atoms with van der Waals surface area (Å²) in [5.74, 6) is -0.122. The molecule has 4 nitrogen and oxygen atoms in total. The number of benzene rings is 1. The fourth-order valence-electron chi connectivity index (χ4n) is 2.52. The SMILES string of the molecule is O=C1C(=Cc2cccc(Cl)c2)SC(=S)N1C1CCS(=O)(=O)C1. The van der Waals surface area contributed by atoms with Crippen LogP contribution in [0.15, 0.2) is 29.2 Å². The van der Waals surface area contributed by atoms with Crippen LogP contribution in [0.2, 0.25) is 5.02 Å². The van der Waals surface area contributed by atoms with E-state index in [4.69, 9.17) is 23.8 Å². The Balaban J connectivity index is 1.86. The Labute approximate surface area is 143 Å². The second-order valence-electron chi connectivity index (χ2n) is 5.16. The van der Waals surface area contributed by atoms with Crippen LogP contribution in [0.25, 0.3) is 6.08 Å². The summed E-state index contributed by atoms with van der Waals surface area (Å²) in [5.41, 5.74) is 0.812. The predicted molar refractivity (Wildman–Crippen MR) is 93.5 cm³/mol. The number of thiocarbonyl (C=S) groups is 1. The molecule has 22 heavy (non-hydrogen) atoms. The van der Waals surface area contributed by atoms with Crippen LogP contribution in [-0.4, -0.2) is 41.1 Å². The summed E-state index contributed by atoms with van der Waals surface area (Å²) in [7, 11) is -3.06. The molecular weight excluding hydrogens is 362 g/mol. The van der Waals surface area contributed by atoms with E-state index < -0.39 is 9.84 Å². The lowest BCUT2D eigenvalue weighted by molar-refractivity contribution is -0.123. The summed E-state index contributed by atoms with van der Waals surface area (Å²) in [5, 5.41) is 0.589. The van der Waals surface area contributed by atoms with Crippen LogP contribution in [0.5, 0.6) is 0 Å². The zero-order chi connectivity index (χ0) is 15.9. The van der Waals surface area contributed by atoms with Crippen molar-refractivity contribution in [3.05, 3.63) is 39.8 Å². The van der Waals surface area contributed by atoms with Crippen LogP contribution in [-0.2, 0) is 14.6 Å². The minimum absolute atomic E-state index is 0.0100. The second kappa shape index (κ2) is 5.96. The maximum absolute atomic E-state index is 12.5. The van der Waals surface area contributed by atoms with E-state index in [0.29, 0.717) is 20.7 Å². The third-order valence-corrected chi connectivity index (χ3v) is 6.86. The Morgan fingerprint density at radius 3 is 2.82 bits per heavy atom. The number of sulfone groups is 1. The lowest BCUT2D eigenvalue weighted by atomic mass is 10.2. The van der Waals surface area contributed by atoms with Gasteiger partial charge in [0, 0.05) is 5.02 Å². The van der Waals surface area contributed by atoms with E-state index in [0.717, 1.165) is 5.56 Å². The molecule has 1 amide bonds. The van der Waals surface area contributed by atoms with Gasteiger partial charge in [0.1, 0.15) is 4.32 Å². The van der Waals surface area contributed by atoms with Crippen LogP contribution in [0.4, 0.5) is 0 Å². The Kier molecular flexibility index (Phi) is 4.33. The molecule has 2 saturated heterocycles. The number of halogens is 1. The zero-order valence-electron chi connectivity index (χ0n) is 11.4. The molecule has 0 spiro atoms. The largest absolute Gasteiger partial charge is 0.289 e. The number of hydrogen-bond donors (Lipinski definition) is 0. The van der Waals surface area contributed by atoms with Crippen LogP contribution in [0.3, 0.4) is 0 Å². The van der Waals surface area contributed by atoms with Gasteiger partial charge >= 0.3 is 0 Å². The minimum atomic E-state index is -3.06. The van der Waals surface area contributed by atoms with Crippen molar-refractivity contribution in [2.75, 3.05) is 11.5 Å². The van der Waals surface area contributed by atoms with Crippen LogP contribution >= 0.6 is 35.6 Å². The fourth-order valence-corrected chi connectivity index (χ4v) is 5.82. The first kappa shape index (κ1) is 16.0. The Hall–Kier alpha value is -0.890. The van der Waals surface area contributed by atoms with Crippen LogP contribution < -0.4 is 0 Å². The van der Waals surface area contributed by atoms with E-state index in [1.807, 2.05) is 6.07 Å². The van der Waals surface area contributed by atoms with Gasteiger partial charge in [0.15, 0.2) is 9.84 Å². The second-order valence-corrected chi connectivity index (χ2v) is 9.50. The fraction of sp³-hybridized carbons (Fsp3) is 0.286. The number of thioether (sulfide) groups is 1. The average molecular weight is 374 g/mol. The first-order chi connectivity index (χ1) is 10.4. The van der Waals surface area contributed by atoms with Gasteiger partial charge < -0.3 is 0 Å². The summed E-state index contributed by atoms with van der Waals surface area (Å²) in [4.78, 5) is 14.5. The van der Waals surface area contributed by atoms with Crippen molar-refractivity contribution in [2.24, 2.45) is 0 Å². The third-order valence-electron chi connectivity index (χ3n) is 3.54. The summed E-state index contributed by atoms with van der Waals surface area (Å²) >= 11 is 12.4. The smallest absolute Gasteiger partial charge is 0.266 e. The monoisotopic (exact) mass is 373 g/mol. The van der Waals surface area contributed by atoms with Gasteiger partial charge in [-0.3, -0.25) is 9.69 Å². The van der Waals surface area contributed by atoms with Gasteiger partial charge in [-0.25, -0.2) is 8.42 Å². The summed E-state index contributed by atoms with van der Waals surface area (Å²) < 4.78 is 23.6. The highest BCUT2D eigenvalue weighted by molar-refractivity contribution is 8.26. The van der Waals surface area contributed by atoms with Crippen molar-refractivity contribution in [3.8, 4) is 0 Å². The van der Waals surface area contributed by atoms with Gasteiger partial charge in [-0.05, 0) is 30.2 Å². The van der Waals surface area contributed by atoms with Crippen molar-refractivity contribution in [1.29, 1.82) is 0 Å². The molecule has 0 saturated carbocycles. The molecule has 0 aromatic heterocycles. The number of carbonyl (C=O) groups excluding carboxylic acids is 1. The number of nitrogens with zero attached hydrogens (tertiary/aromatic N) is 1. The molecule has 1 aromatic rings. The van der Waals surface area contributed by atoms with E-state index in [2.05, 4.69) is 0 Å². The number of hydrogen-bond acceptors (Lipinski definition) is 5. The molecule has 2 aliphatic heterocycles. The van der Waals surface area contributed by atoms with Crippen molar-refractivity contribution in [1.82, 2.24) is 4.90 Å². The Morgan fingerprint density at radius 2 is 2.18 bits per heavy atom. The Bertz CT molecular complexity index is 788. The van der Waals surface area contributed by atoms with Gasteiger partial charge in [0.05, 0.1) is 22.5 Å². The maximum Gasteiger partial charge on any atom is 0.266 e. The normalized spacial score (nSPS) is 26.1. The summed E-state index contributed by atoms with van der Waals surface area (Å²) in [6, 6.07) is 6.82. The van der Waals surface area contributed by atoms with Crippen molar-refractivity contribution < 1.29 is 13.2 Å². The van der Waals surface area contributed by atoms with Crippen LogP contribution in [0, 0.1) is 0 Å². The van der Waals surface area contributed by atoms with Gasteiger partial charge in [-0.1, -0.05) is 47.7 Å². The summed E-state index contributed by atoms with van der Waals surface area (Å²) in [6.45, 7) is 0. The van der Waals surface area contributed by atoms with E-state index in [1.165, 1.54) is 16.7 Å². The number of amides is 1. The van der Waals surface area contributed by atoms with E-state index in [1.54, 1.807) is 24.3 Å². The van der Waals surface area contributed by atoms with E-state index >= 15 is 0 Å². The molecular formula is C14H12ClNO3S3. The molecule has 3 rings (SSSR count). The quantitative estimate of drug-likeness (QED) is 0.589. The average Bonchev–Trinajstić information content (AvgIpc) is 2.90. The zero-order valence-corrected chi connectivity index (χ0v) is 14.6. The number of rotatable bonds is 2. The van der Waals surface area contributed by atoms with Gasteiger partial charge in [-0.2, -0.15) is 0 Å².